The second-order valence-electron chi connectivity index (χ2n) is 8.08. The number of hydrogen-bond donors (Lipinski definition) is 0. The van der Waals surface area contributed by atoms with Crippen LogP contribution in [-0.4, -0.2) is 46.1 Å². The van der Waals surface area contributed by atoms with Crippen molar-refractivity contribution in [2.75, 3.05) is 26.2 Å². The van der Waals surface area contributed by atoms with E-state index in [9.17, 15) is 0 Å². The van der Waals surface area contributed by atoms with Crippen LogP contribution in [0.4, 0.5) is 0 Å². The van der Waals surface area contributed by atoms with Crippen molar-refractivity contribution in [1.29, 1.82) is 0 Å². The number of benzene rings is 1. The summed E-state index contributed by atoms with van der Waals surface area (Å²) in [6.45, 7) is 12.3. The predicted octanol–water partition coefficient (Wildman–Crippen LogP) is 3.90. The standard InChI is InChI=1S/C20H26N4OS/c1-20(2,3)19-21-18(22-25-19)13-24-10-8-23(9-11-24)12-15-14-26-17-7-5-4-6-16(15)17/h4-7,14H,8-13H2,1-3H3. The summed E-state index contributed by atoms with van der Waals surface area (Å²) < 4.78 is 6.79. The Morgan fingerprint density at radius 1 is 1.04 bits per heavy atom. The molecule has 1 aromatic carbocycles. The molecule has 5 nitrogen and oxygen atoms in total. The molecule has 26 heavy (non-hydrogen) atoms. The quantitative estimate of drug-likeness (QED) is 0.697. The summed E-state index contributed by atoms with van der Waals surface area (Å²) in [6, 6.07) is 8.69. The van der Waals surface area contributed by atoms with Gasteiger partial charge in [0, 0.05) is 42.8 Å². The minimum Gasteiger partial charge on any atom is -0.339 e. The van der Waals surface area contributed by atoms with E-state index in [-0.39, 0.29) is 5.41 Å². The van der Waals surface area contributed by atoms with Gasteiger partial charge in [-0.15, -0.1) is 11.3 Å². The van der Waals surface area contributed by atoms with Crippen LogP contribution >= 0.6 is 11.3 Å². The van der Waals surface area contributed by atoms with E-state index in [0.29, 0.717) is 0 Å². The van der Waals surface area contributed by atoms with Gasteiger partial charge in [0.1, 0.15) is 0 Å². The van der Waals surface area contributed by atoms with Gasteiger partial charge >= 0.3 is 0 Å². The fourth-order valence-electron chi connectivity index (χ4n) is 3.32. The molecular formula is C20H26N4OS. The average molecular weight is 371 g/mol. The van der Waals surface area contributed by atoms with Crippen LogP contribution in [0.1, 0.15) is 38.0 Å². The average Bonchev–Trinajstić information content (AvgIpc) is 3.24. The second-order valence-corrected chi connectivity index (χ2v) is 8.99. The number of piperazine rings is 1. The molecule has 0 N–H and O–H groups in total. The molecule has 1 aliphatic heterocycles. The first-order valence-corrected chi connectivity index (χ1v) is 10.1. The van der Waals surface area contributed by atoms with Crippen molar-refractivity contribution in [2.24, 2.45) is 0 Å². The smallest absolute Gasteiger partial charge is 0.232 e. The van der Waals surface area contributed by atoms with E-state index in [1.807, 2.05) is 11.3 Å². The molecule has 0 aliphatic carbocycles. The van der Waals surface area contributed by atoms with Gasteiger partial charge in [-0.3, -0.25) is 9.80 Å². The first-order valence-electron chi connectivity index (χ1n) is 9.22. The number of thiophene rings is 1. The summed E-state index contributed by atoms with van der Waals surface area (Å²) in [5.41, 5.74) is 1.36. The molecule has 0 spiro atoms. The van der Waals surface area contributed by atoms with Gasteiger partial charge < -0.3 is 4.52 Å². The molecule has 0 amide bonds. The molecule has 3 aromatic rings. The molecule has 138 valence electrons. The Morgan fingerprint density at radius 3 is 2.42 bits per heavy atom. The van der Waals surface area contributed by atoms with Crippen LogP contribution in [0.25, 0.3) is 10.1 Å². The van der Waals surface area contributed by atoms with Crippen molar-refractivity contribution in [3.63, 3.8) is 0 Å². The highest BCUT2D eigenvalue weighted by Crippen LogP contribution is 2.27. The molecule has 0 unspecified atom stereocenters. The van der Waals surface area contributed by atoms with Crippen molar-refractivity contribution < 1.29 is 4.52 Å². The lowest BCUT2D eigenvalue weighted by Gasteiger charge is -2.33. The highest BCUT2D eigenvalue weighted by Gasteiger charge is 2.24. The Balaban J connectivity index is 1.32. The van der Waals surface area contributed by atoms with E-state index in [1.54, 1.807) is 0 Å². The van der Waals surface area contributed by atoms with Gasteiger partial charge in [-0.2, -0.15) is 4.98 Å². The van der Waals surface area contributed by atoms with Crippen LogP contribution in [0.5, 0.6) is 0 Å². The van der Waals surface area contributed by atoms with Crippen molar-refractivity contribution >= 4 is 21.4 Å². The van der Waals surface area contributed by atoms with Crippen molar-refractivity contribution in [2.45, 2.75) is 39.3 Å². The summed E-state index contributed by atoms with van der Waals surface area (Å²) >= 11 is 1.85. The van der Waals surface area contributed by atoms with Gasteiger partial charge in [-0.05, 0) is 22.4 Å². The van der Waals surface area contributed by atoms with E-state index in [0.717, 1.165) is 51.0 Å². The highest BCUT2D eigenvalue weighted by molar-refractivity contribution is 7.17. The Morgan fingerprint density at radius 2 is 1.73 bits per heavy atom. The highest BCUT2D eigenvalue weighted by atomic mass is 32.1. The van der Waals surface area contributed by atoms with Crippen LogP contribution in [0.15, 0.2) is 34.2 Å². The molecule has 4 rings (SSSR count). The van der Waals surface area contributed by atoms with Crippen molar-refractivity contribution in [1.82, 2.24) is 19.9 Å². The van der Waals surface area contributed by atoms with E-state index < -0.39 is 0 Å². The number of rotatable bonds is 4. The minimum atomic E-state index is -0.0900. The maximum Gasteiger partial charge on any atom is 0.232 e. The number of nitrogens with zero attached hydrogens (tertiary/aromatic N) is 4. The third-order valence-electron chi connectivity index (χ3n) is 4.89. The van der Waals surface area contributed by atoms with Crippen molar-refractivity contribution in [3.8, 4) is 0 Å². The monoisotopic (exact) mass is 370 g/mol. The van der Waals surface area contributed by atoms with Gasteiger partial charge in [0.05, 0.1) is 6.54 Å². The number of fused-ring (bicyclic) bond motifs is 1. The normalized spacial score (nSPS) is 17.2. The van der Waals surface area contributed by atoms with Crippen LogP contribution in [0.2, 0.25) is 0 Å². The molecule has 2 aromatic heterocycles. The number of aromatic nitrogens is 2. The molecule has 0 saturated carbocycles. The SMILES string of the molecule is CC(C)(C)c1nc(CN2CCN(Cc3csc4ccccc34)CC2)no1. The van der Waals surface area contributed by atoms with Crippen LogP contribution in [-0.2, 0) is 18.5 Å². The summed E-state index contributed by atoms with van der Waals surface area (Å²) in [7, 11) is 0. The summed E-state index contributed by atoms with van der Waals surface area (Å²) in [5.74, 6) is 1.52. The second kappa shape index (κ2) is 7.10. The van der Waals surface area contributed by atoms with E-state index in [4.69, 9.17) is 4.52 Å². The molecule has 3 heterocycles. The molecule has 0 radical (unpaired) electrons. The van der Waals surface area contributed by atoms with Crippen molar-refractivity contribution in [3.05, 3.63) is 46.9 Å². The first-order chi connectivity index (χ1) is 12.5. The van der Waals surface area contributed by atoms with E-state index in [1.165, 1.54) is 15.6 Å². The maximum atomic E-state index is 5.41. The van der Waals surface area contributed by atoms with Gasteiger partial charge in [0.25, 0.3) is 0 Å². The Kier molecular flexibility index (Phi) is 4.82. The zero-order chi connectivity index (χ0) is 18.1. The molecule has 1 saturated heterocycles. The van der Waals surface area contributed by atoms with E-state index >= 15 is 0 Å². The summed E-state index contributed by atoms with van der Waals surface area (Å²) in [4.78, 5) is 9.52. The molecule has 0 bridgehead atoms. The molecular weight excluding hydrogens is 344 g/mol. The van der Waals surface area contributed by atoms with E-state index in [2.05, 4.69) is 70.4 Å². The zero-order valence-electron chi connectivity index (χ0n) is 15.7. The van der Waals surface area contributed by atoms with Gasteiger partial charge in [0.2, 0.25) is 5.89 Å². The lowest BCUT2D eigenvalue weighted by Crippen LogP contribution is -2.45. The third kappa shape index (κ3) is 3.82. The minimum absolute atomic E-state index is 0.0900. The molecule has 0 atom stereocenters. The van der Waals surface area contributed by atoms with Gasteiger partial charge in [0.15, 0.2) is 5.82 Å². The van der Waals surface area contributed by atoms with Crippen LogP contribution in [0.3, 0.4) is 0 Å². The van der Waals surface area contributed by atoms with Gasteiger partial charge in [-0.25, -0.2) is 0 Å². The molecule has 1 aliphatic rings. The van der Waals surface area contributed by atoms with Crippen LogP contribution < -0.4 is 0 Å². The maximum absolute atomic E-state index is 5.41. The van der Waals surface area contributed by atoms with Crippen LogP contribution in [0, 0.1) is 0 Å². The fraction of sp³-hybridized carbons (Fsp3) is 0.500. The topological polar surface area (TPSA) is 45.4 Å². The Labute approximate surface area is 158 Å². The van der Waals surface area contributed by atoms with Gasteiger partial charge in [-0.1, -0.05) is 44.1 Å². The third-order valence-corrected chi connectivity index (χ3v) is 5.91. The fourth-order valence-corrected chi connectivity index (χ4v) is 4.28. The molecule has 6 heteroatoms. The molecule has 1 fully saturated rings. The summed E-state index contributed by atoms with van der Waals surface area (Å²) in [6.07, 6.45) is 0. The lowest BCUT2D eigenvalue weighted by molar-refractivity contribution is 0.119. The number of hydrogen-bond acceptors (Lipinski definition) is 6. The zero-order valence-corrected chi connectivity index (χ0v) is 16.6. The summed E-state index contributed by atoms with van der Waals surface area (Å²) in [5, 5.41) is 7.86. The Bertz CT molecular complexity index is 871. The predicted molar refractivity (Wildman–Crippen MR) is 105 cm³/mol. The lowest BCUT2D eigenvalue weighted by atomic mass is 9.97. The Hall–Kier alpha value is -1.76. The first kappa shape index (κ1) is 17.6. The largest absolute Gasteiger partial charge is 0.339 e.